The Morgan fingerprint density at radius 2 is 1.97 bits per heavy atom. The van der Waals surface area contributed by atoms with Crippen LogP contribution in [-0.2, 0) is 4.79 Å². The van der Waals surface area contributed by atoms with Gasteiger partial charge in [-0.25, -0.2) is 4.98 Å². The van der Waals surface area contributed by atoms with E-state index in [9.17, 15) is 4.79 Å². The van der Waals surface area contributed by atoms with E-state index in [1.54, 1.807) is 17.0 Å². The van der Waals surface area contributed by atoms with Crippen molar-refractivity contribution in [1.82, 2.24) is 25.0 Å². The highest BCUT2D eigenvalue weighted by Crippen LogP contribution is 2.40. The van der Waals surface area contributed by atoms with Crippen molar-refractivity contribution in [2.75, 3.05) is 11.9 Å². The average molecular weight is 438 g/mol. The van der Waals surface area contributed by atoms with Crippen molar-refractivity contribution in [2.45, 2.75) is 19.3 Å². The lowest BCUT2D eigenvalue weighted by atomic mass is 9.86. The van der Waals surface area contributed by atoms with Crippen molar-refractivity contribution in [3.63, 3.8) is 0 Å². The highest BCUT2D eigenvalue weighted by molar-refractivity contribution is 5.95. The van der Waals surface area contributed by atoms with Gasteiger partial charge in [0.1, 0.15) is 18.2 Å². The summed E-state index contributed by atoms with van der Waals surface area (Å²) >= 11 is 0. The number of anilines is 1. The Morgan fingerprint density at radius 3 is 2.73 bits per heavy atom. The van der Waals surface area contributed by atoms with Crippen molar-refractivity contribution in [3.8, 4) is 23.0 Å². The zero-order chi connectivity index (χ0) is 22.8. The molecule has 0 aliphatic carbocycles. The van der Waals surface area contributed by atoms with E-state index in [-0.39, 0.29) is 11.8 Å². The van der Waals surface area contributed by atoms with Gasteiger partial charge in [0.25, 0.3) is 5.95 Å². The van der Waals surface area contributed by atoms with E-state index in [2.05, 4.69) is 32.2 Å². The van der Waals surface area contributed by atoms with Gasteiger partial charge in [0.05, 0.1) is 17.6 Å². The molecule has 0 fully saturated rings. The van der Waals surface area contributed by atoms with Gasteiger partial charge in [0, 0.05) is 23.5 Å². The van der Waals surface area contributed by atoms with Gasteiger partial charge < -0.3 is 10.1 Å². The summed E-state index contributed by atoms with van der Waals surface area (Å²) in [5.41, 5.74) is 4.36. The molecule has 0 saturated heterocycles. The average Bonchev–Trinajstić information content (AvgIpc) is 3.19. The minimum atomic E-state index is -0.138. The molecule has 1 unspecified atom stereocenters. The Labute approximate surface area is 191 Å². The number of hydrogen-bond donors (Lipinski definition) is 1. The monoisotopic (exact) mass is 438 g/mol. The van der Waals surface area contributed by atoms with Gasteiger partial charge in [-0.05, 0) is 24.6 Å². The summed E-state index contributed by atoms with van der Waals surface area (Å²) in [5.74, 6) is 1.40. The SMILES string of the molecule is C=CCOc1ccc(C2CC(=O)Nc3c2c(C)nn3-c2nncc(-c3ccccc3)n2)cc1. The maximum Gasteiger partial charge on any atom is 0.272 e. The summed E-state index contributed by atoms with van der Waals surface area (Å²) in [4.78, 5) is 17.3. The van der Waals surface area contributed by atoms with Gasteiger partial charge in [-0.3, -0.25) is 4.79 Å². The predicted molar refractivity (Wildman–Crippen MR) is 124 cm³/mol. The summed E-state index contributed by atoms with van der Waals surface area (Å²) in [6.45, 7) is 6.03. The molecule has 1 amide bonds. The number of aryl methyl sites for hydroxylation is 1. The van der Waals surface area contributed by atoms with Gasteiger partial charge in [0.15, 0.2) is 0 Å². The number of carbonyl (C=O) groups excluding carboxylic acids is 1. The van der Waals surface area contributed by atoms with Crippen molar-refractivity contribution in [3.05, 3.63) is 90.3 Å². The van der Waals surface area contributed by atoms with Crippen molar-refractivity contribution in [2.24, 2.45) is 0 Å². The Morgan fingerprint density at radius 1 is 1.18 bits per heavy atom. The third-order valence-electron chi connectivity index (χ3n) is 5.56. The highest BCUT2D eigenvalue weighted by atomic mass is 16.5. The maximum absolute atomic E-state index is 12.7. The molecule has 164 valence electrons. The van der Waals surface area contributed by atoms with E-state index in [4.69, 9.17) is 4.74 Å². The fourth-order valence-corrected chi connectivity index (χ4v) is 4.06. The van der Waals surface area contributed by atoms with Crippen LogP contribution in [0.2, 0.25) is 0 Å². The van der Waals surface area contributed by atoms with Crippen LogP contribution in [0.1, 0.15) is 29.2 Å². The molecule has 1 aliphatic heterocycles. The second kappa shape index (κ2) is 8.66. The zero-order valence-electron chi connectivity index (χ0n) is 18.1. The molecule has 1 N–H and O–H groups in total. The fourth-order valence-electron chi connectivity index (χ4n) is 4.06. The van der Waals surface area contributed by atoms with E-state index in [1.807, 2.05) is 61.5 Å². The Hall–Kier alpha value is -4.33. The number of hydrogen-bond acceptors (Lipinski definition) is 6. The number of benzene rings is 2. The molecule has 0 radical (unpaired) electrons. The Bertz CT molecular complexity index is 1310. The van der Waals surface area contributed by atoms with Crippen molar-refractivity contribution in [1.29, 1.82) is 0 Å². The second-order valence-electron chi connectivity index (χ2n) is 7.74. The topological polar surface area (TPSA) is 94.8 Å². The molecule has 1 atom stereocenters. The van der Waals surface area contributed by atoms with Crippen LogP contribution in [0.5, 0.6) is 5.75 Å². The largest absolute Gasteiger partial charge is 0.490 e. The van der Waals surface area contributed by atoms with Crippen LogP contribution in [0.25, 0.3) is 17.2 Å². The van der Waals surface area contributed by atoms with Gasteiger partial charge in [-0.1, -0.05) is 55.1 Å². The molecule has 0 saturated carbocycles. The molecule has 1 aliphatic rings. The summed E-state index contributed by atoms with van der Waals surface area (Å²) in [6.07, 6.45) is 3.64. The first kappa shape index (κ1) is 20.6. The Kier molecular flexibility index (Phi) is 5.40. The van der Waals surface area contributed by atoms with Crippen LogP contribution in [0.15, 0.2) is 73.4 Å². The molecule has 2 aromatic carbocycles. The number of carbonyl (C=O) groups is 1. The van der Waals surface area contributed by atoms with E-state index in [0.29, 0.717) is 30.5 Å². The summed E-state index contributed by atoms with van der Waals surface area (Å²) in [5, 5.41) is 15.9. The van der Waals surface area contributed by atoms with Crippen LogP contribution in [0.4, 0.5) is 5.82 Å². The lowest BCUT2D eigenvalue weighted by Crippen LogP contribution is -2.25. The third kappa shape index (κ3) is 3.98. The van der Waals surface area contributed by atoms with Gasteiger partial charge in [0.2, 0.25) is 5.91 Å². The quantitative estimate of drug-likeness (QED) is 0.456. The molecule has 4 aromatic rings. The lowest BCUT2D eigenvalue weighted by molar-refractivity contribution is -0.116. The normalized spacial score (nSPS) is 14.9. The number of rotatable bonds is 6. The van der Waals surface area contributed by atoms with Crippen LogP contribution in [0.3, 0.4) is 0 Å². The van der Waals surface area contributed by atoms with Gasteiger partial charge in [-0.2, -0.15) is 14.9 Å². The summed E-state index contributed by atoms with van der Waals surface area (Å²) in [7, 11) is 0. The molecule has 8 heteroatoms. The molecule has 0 spiro atoms. The molecular formula is C25H22N6O2. The molecular weight excluding hydrogens is 416 g/mol. The number of nitrogens with zero attached hydrogens (tertiary/aromatic N) is 5. The predicted octanol–water partition coefficient (Wildman–Crippen LogP) is 4.07. The van der Waals surface area contributed by atoms with Gasteiger partial charge >= 0.3 is 0 Å². The van der Waals surface area contributed by atoms with Crippen LogP contribution in [0, 0.1) is 6.92 Å². The fraction of sp³-hybridized carbons (Fsp3) is 0.160. The number of fused-ring (bicyclic) bond motifs is 1. The molecule has 5 rings (SSSR count). The molecule has 8 nitrogen and oxygen atoms in total. The summed E-state index contributed by atoms with van der Waals surface area (Å²) < 4.78 is 7.15. The number of amides is 1. The van der Waals surface area contributed by atoms with E-state index in [1.165, 1.54) is 0 Å². The third-order valence-corrected chi connectivity index (χ3v) is 5.56. The first-order valence-electron chi connectivity index (χ1n) is 10.6. The molecule has 2 aromatic heterocycles. The highest BCUT2D eigenvalue weighted by Gasteiger charge is 2.33. The first-order chi connectivity index (χ1) is 16.1. The van der Waals surface area contributed by atoms with Crippen molar-refractivity contribution >= 4 is 11.7 Å². The van der Waals surface area contributed by atoms with Crippen LogP contribution < -0.4 is 10.1 Å². The Balaban J connectivity index is 1.54. The minimum Gasteiger partial charge on any atom is -0.490 e. The van der Waals surface area contributed by atoms with E-state index < -0.39 is 0 Å². The number of aromatic nitrogens is 5. The zero-order valence-corrected chi connectivity index (χ0v) is 18.1. The molecule has 33 heavy (non-hydrogen) atoms. The van der Waals surface area contributed by atoms with Crippen molar-refractivity contribution < 1.29 is 9.53 Å². The maximum atomic E-state index is 12.7. The standard InChI is InChI=1S/C25H22N6O2/c1-3-13-33-19-11-9-17(10-12-19)20-14-22(32)28-24-23(20)16(2)30-31(24)25-27-21(15-26-29-25)18-7-5-4-6-8-18/h3-12,15,20H,1,13-14H2,2H3,(H,28,32). The smallest absolute Gasteiger partial charge is 0.272 e. The summed E-state index contributed by atoms with van der Waals surface area (Å²) in [6, 6.07) is 17.5. The van der Waals surface area contributed by atoms with Crippen LogP contribution in [-0.4, -0.2) is 37.5 Å². The minimum absolute atomic E-state index is 0.0900. The van der Waals surface area contributed by atoms with E-state index >= 15 is 0 Å². The molecule has 3 heterocycles. The number of ether oxygens (including phenoxy) is 1. The second-order valence-corrected chi connectivity index (χ2v) is 7.74. The van der Waals surface area contributed by atoms with E-state index in [0.717, 1.165) is 28.1 Å². The first-order valence-corrected chi connectivity index (χ1v) is 10.6. The van der Waals surface area contributed by atoms with Gasteiger partial charge in [-0.15, -0.1) is 5.10 Å². The lowest BCUT2D eigenvalue weighted by Gasteiger charge is -2.24. The number of nitrogens with one attached hydrogen (secondary N) is 1. The molecule has 0 bridgehead atoms. The van der Waals surface area contributed by atoms with Crippen LogP contribution >= 0.6 is 0 Å².